The second-order valence-electron chi connectivity index (χ2n) is 6.71. The molecule has 2 N–H and O–H groups in total. The van der Waals surface area contributed by atoms with Crippen molar-refractivity contribution in [3.63, 3.8) is 0 Å². The average Bonchev–Trinajstić information content (AvgIpc) is 2.73. The number of aromatic hydroxyl groups is 1. The number of benzene rings is 2. The molecule has 1 amide bonds. The Morgan fingerprint density at radius 2 is 1.87 bits per heavy atom. The van der Waals surface area contributed by atoms with E-state index >= 15 is 0 Å². The Kier molecular flexibility index (Phi) is 6.08. The van der Waals surface area contributed by atoms with Crippen LogP contribution in [0.15, 0.2) is 64.4 Å². The van der Waals surface area contributed by atoms with Crippen molar-refractivity contribution < 1.29 is 9.90 Å². The zero-order valence-corrected chi connectivity index (χ0v) is 16.6. The molecule has 0 saturated carbocycles. The highest BCUT2D eigenvalue weighted by molar-refractivity contribution is 5.89. The molecule has 0 radical (unpaired) electrons. The minimum absolute atomic E-state index is 0.0359. The largest absolute Gasteiger partial charge is 0.494 e. The van der Waals surface area contributed by atoms with Gasteiger partial charge in [0.25, 0.3) is 5.56 Å². The topological polar surface area (TPSA) is 107 Å². The predicted molar refractivity (Wildman–Crippen MR) is 115 cm³/mol. The van der Waals surface area contributed by atoms with Gasteiger partial charge in [-0.15, -0.1) is 0 Å². The fourth-order valence-electron chi connectivity index (χ4n) is 3.01. The second-order valence-corrected chi connectivity index (χ2v) is 6.71. The highest BCUT2D eigenvalue weighted by atomic mass is 16.3. The molecule has 7 nitrogen and oxygen atoms in total. The molecule has 7 heteroatoms. The molecule has 1 heterocycles. The molecule has 0 fully saturated rings. The summed E-state index contributed by atoms with van der Waals surface area (Å²) in [5.41, 5.74) is 2.13. The molecule has 3 rings (SSSR count). The summed E-state index contributed by atoms with van der Waals surface area (Å²) >= 11 is 0. The van der Waals surface area contributed by atoms with Crippen LogP contribution < -0.4 is 10.9 Å². The van der Waals surface area contributed by atoms with Crippen LogP contribution in [0, 0.1) is 18.3 Å². The van der Waals surface area contributed by atoms with Crippen molar-refractivity contribution in [3.05, 3.63) is 87.2 Å². The van der Waals surface area contributed by atoms with Crippen molar-refractivity contribution in [2.45, 2.75) is 20.4 Å². The molecule has 0 unspecified atom stereocenters. The minimum Gasteiger partial charge on any atom is -0.494 e. The molecule has 30 heavy (non-hydrogen) atoms. The smallest absolute Gasteiger partial charge is 0.271 e. The Labute approximate surface area is 173 Å². The zero-order valence-electron chi connectivity index (χ0n) is 16.6. The van der Waals surface area contributed by atoms with Crippen molar-refractivity contribution in [3.8, 4) is 11.9 Å². The van der Waals surface area contributed by atoms with E-state index in [1.807, 2.05) is 36.4 Å². The number of nitrogens with zero attached hydrogens (tertiary/aromatic N) is 3. The van der Waals surface area contributed by atoms with Crippen molar-refractivity contribution in [2.75, 3.05) is 5.32 Å². The van der Waals surface area contributed by atoms with Crippen LogP contribution in [0.1, 0.15) is 29.2 Å². The third-order valence-electron chi connectivity index (χ3n) is 4.56. The molecule has 0 aliphatic rings. The molecule has 0 aliphatic carbocycles. The van der Waals surface area contributed by atoms with Gasteiger partial charge in [0.15, 0.2) is 0 Å². The Balaban J connectivity index is 2.01. The normalized spacial score (nSPS) is 10.7. The van der Waals surface area contributed by atoms with Gasteiger partial charge in [0.1, 0.15) is 11.6 Å². The number of carbonyl (C=O) groups is 1. The highest BCUT2D eigenvalue weighted by Crippen LogP contribution is 2.23. The van der Waals surface area contributed by atoms with E-state index in [0.29, 0.717) is 22.5 Å². The summed E-state index contributed by atoms with van der Waals surface area (Å²) in [6.45, 7) is 3.16. The first-order chi connectivity index (χ1) is 14.4. The number of nitrogens with one attached hydrogen (secondary N) is 1. The summed E-state index contributed by atoms with van der Waals surface area (Å²) in [7, 11) is 0. The lowest BCUT2D eigenvalue weighted by Crippen LogP contribution is -2.25. The van der Waals surface area contributed by atoms with Gasteiger partial charge in [0.2, 0.25) is 11.8 Å². The quantitative estimate of drug-likeness (QED) is 0.639. The van der Waals surface area contributed by atoms with Crippen LogP contribution in [0.2, 0.25) is 0 Å². The lowest BCUT2D eigenvalue weighted by Gasteiger charge is -2.14. The summed E-state index contributed by atoms with van der Waals surface area (Å²) in [5.74, 6) is -0.421. The molecule has 1 aromatic heterocycles. The summed E-state index contributed by atoms with van der Waals surface area (Å²) in [6.07, 6.45) is 1.43. The van der Waals surface area contributed by atoms with Crippen molar-refractivity contribution in [1.29, 1.82) is 5.26 Å². The zero-order chi connectivity index (χ0) is 21.7. The number of aliphatic imine (C=N–C) groups is 1. The average molecular weight is 400 g/mol. The number of rotatable bonds is 5. The van der Waals surface area contributed by atoms with E-state index in [-0.39, 0.29) is 23.9 Å². The van der Waals surface area contributed by atoms with Crippen LogP contribution in [-0.2, 0) is 11.3 Å². The molecule has 150 valence electrons. The molecule has 0 atom stereocenters. The lowest BCUT2D eigenvalue weighted by atomic mass is 10.1. The van der Waals surface area contributed by atoms with Gasteiger partial charge >= 0.3 is 0 Å². The molecule has 0 aliphatic heterocycles. The summed E-state index contributed by atoms with van der Waals surface area (Å²) in [4.78, 5) is 28.2. The summed E-state index contributed by atoms with van der Waals surface area (Å²) in [6, 6.07) is 18.0. The van der Waals surface area contributed by atoms with Crippen LogP contribution >= 0.6 is 0 Å². The van der Waals surface area contributed by atoms with Gasteiger partial charge in [-0.25, -0.2) is 0 Å². The van der Waals surface area contributed by atoms with Crippen molar-refractivity contribution in [2.24, 2.45) is 4.99 Å². The van der Waals surface area contributed by atoms with Gasteiger partial charge in [0, 0.05) is 18.8 Å². The van der Waals surface area contributed by atoms with Crippen LogP contribution in [0.25, 0.3) is 0 Å². The van der Waals surface area contributed by atoms with Gasteiger partial charge in [-0.1, -0.05) is 30.3 Å². The van der Waals surface area contributed by atoms with E-state index in [4.69, 9.17) is 0 Å². The Morgan fingerprint density at radius 1 is 1.20 bits per heavy atom. The van der Waals surface area contributed by atoms with Crippen LogP contribution in [0.4, 0.5) is 11.4 Å². The van der Waals surface area contributed by atoms with E-state index in [1.54, 1.807) is 31.2 Å². The number of nitriles is 1. The van der Waals surface area contributed by atoms with Gasteiger partial charge in [-0.2, -0.15) is 5.26 Å². The van der Waals surface area contributed by atoms with Gasteiger partial charge in [-0.05, 0) is 42.3 Å². The van der Waals surface area contributed by atoms with Crippen molar-refractivity contribution >= 4 is 23.5 Å². The predicted octanol–water partition coefficient (Wildman–Crippen LogP) is 3.49. The maximum atomic E-state index is 12.7. The molecular formula is C23H20N4O3. The first-order valence-electron chi connectivity index (χ1n) is 9.22. The number of anilines is 1. The Morgan fingerprint density at radius 3 is 2.47 bits per heavy atom. The SMILES string of the molecule is CC(=O)Nc1ccc(N=Cc2c(C)c(C#N)c(=O)n(Cc3ccccc3)c2O)cc1. The summed E-state index contributed by atoms with van der Waals surface area (Å²) < 4.78 is 1.17. The highest BCUT2D eigenvalue weighted by Gasteiger charge is 2.18. The van der Waals surface area contributed by atoms with E-state index in [9.17, 15) is 20.0 Å². The van der Waals surface area contributed by atoms with Gasteiger partial charge < -0.3 is 10.4 Å². The maximum absolute atomic E-state index is 12.7. The fraction of sp³-hybridized carbons (Fsp3) is 0.130. The number of aromatic nitrogens is 1. The van der Waals surface area contributed by atoms with Gasteiger partial charge in [-0.3, -0.25) is 19.1 Å². The minimum atomic E-state index is -0.548. The first kappa shape index (κ1) is 20.6. The number of pyridine rings is 1. The van der Waals surface area contributed by atoms with Crippen LogP contribution in [0.3, 0.4) is 0 Å². The third-order valence-corrected chi connectivity index (χ3v) is 4.56. The number of amides is 1. The van der Waals surface area contributed by atoms with Crippen molar-refractivity contribution in [1.82, 2.24) is 4.57 Å². The van der Waals surface area contributed by atoms with E-state index in [2.05, 4.69) is 10.3 Å². The third kappa shape index (κ3) is 4.45. The Hall–Kier alpha value is -4.18. The first-order valence-corrected chi connectivity index (χ1v) is 9.22. The molecule has 3 aromatic rings. The maximum Gasteiger partial charge on any atom is 0.271 e. The molecule has 0 bridgehead atoms. The number of carbonyl (C=O) groups excluding carboxylic acids is 1. The molecule has 0 saturated heterocycles. The Bertz CT molecular complexity index is 1200. The molecule has 2 aromatic carbocycles. The lowest BCUT2D eigenvalue weighted by molar-refractivity contribution is -0.114. The van der Waals surface area contributed by atoms with E-state index in [1.165, 1.54) is 17.7 Å². The van der Waals surface area contributed by atoms with E-state index < -0.39 is 5.56 Å². The van der Waals surface area contributed by atoms with Crippen LogP contribution in [0.5, 0.6) is 5.88 Å². The van der Waals surface area contributed by atoms with Crippen LogP contribution in [-0.4, -0.2) is 21.8 Å². The summed E-state index contributed by atoms with van der Waals surface area (Å²) in [5, 5.41) is 22.9. The monoisotopic (exact) mass is 400 g/mol. The van der Waals surface area contributed by atoms with Gasteiger partial charge in [0.05, 0.1) is 17.8 Å². The van der Waals surface area contributed by atoms with E-state index in [0.717, 1.165) is 5.56 Å². The standard InChI is InChI=1S/C23H20N4O3/c1-15-20(12-24)22(29)27(14-17-6-4-3-5-7-17)23(30)21(15)13-25-18-8-10-19(11-9-18)26-16(2)28/h3-11,13,30H,14H2,1-2H3,(H,26,28). The fourth-order valence-corrected chi connectivity index (χ4v) is 3.01. The second kappa shape index (κ2) is 8.88. The number of hydrogen-bond acceptors (Lipinski definition) is 5. The molecule has 0 spiro atoms. The molecular weight excluding hydrogens is 380 g/mol. The number of hydrogen-bond donors (Lipinski definition) is 2.